The Morgan fingerprint density at radius 1 is 1.00 bits per heavy atom. The second-order valence-corrected chi connectivity index (χ2v) is 6.59. The Hall–Kier alpha value is -2.12. The number of hydrogen-bond donors (Lipinski definition) is 0. The zero-order chi connectivity index (χ0) is 17.2. The second kappa shape index (κ2) is 7.01. The van der Waals surface area contributed by atoms with Crippen LogP contribution in [0.15, 0.2) is 36.7 Å². The maximum absolute atomic E-state index is 13.0. The van der Waals surface area contributed by atoms with Gasteiger partial charge in [-0.25, -0.2) is 18.7 Å². The van der Waals surface area contributed by atoms with Gasteiger partial charge >= 0.3 is 0 Å². The minimum absolute atomic E-state index is 0.170. The number of benzene rings is 1. The fraction of sp³-hybridized carbons (Fsp3) is 0.444. The molecule has 2 atom stereocenters. The summed E-state index contributed by atoms with van der Waals surface area (Å²) < 4.78 is 31.9. The predicted molar refractivity (Wildman–Crippen MR) is 89.2 cm³/mol. The molecular weight excluding hydrogens is 326 g/mol. The summed E-state index contributed by atoms with van der Waals surface area (Å²) >= 11 is 0. The Morgan fingerprint density at radius 3 is 2.52 bits per heavy atom. The first-order valence-electron chi connectivity index (χ1n) is 8.50. The molecule has 2 saturated heterocycles. The van der Waals surface area contributed by atoms with Crippen LogP contribution in [0.1, 0.15) is 12.0 Å². The number of nitrogens with zero attached hydrogens (tertiary/aromatic N) is 4. The van der Waals surface area contributed by atoms with Crippen LogP contribution in [0.25, 0.3) is 0 Å². The fourth-order valence-corrected chi connectivity index (χ4v) is 3.56. The molecule has 132 valence electrons. The van der Waals surface area contributed by atoms with Crippen LogP contribution >= 0.6 is 0 Å². The van der Waals surface area contributed by atoms with Gasteiger partial charge in [-0.2, -0.15) is 0 Å². The highest BCUT2D eigenvalue weighted by Crippen LogP contribution is 2.26. The minimum atomic E-state index is -0.419. The molecule has 1 aromatic carbocycles. The lowest BCUT2D eigenvalue weighted by atomic mass is 10.1. The van der Waals surface area contributed by atoms with Gasteiger partial charge in [0.1, 0.15) is 5.82 Å². The summed E-state index contributed by atoms with van der Waals surface area (Å²) in [4.78, 5) is 12.7. The van der Waals surface area contributed by atoms with Gasteiger partial charge in [-0.3, -0.25) is 4.90 Å². The Balaban J connectivity index is 1.32. The lowest BCUT2D eigenvalue weighted by Crippen LogP contribution is -2.50. The summed E-state index contributed by atoms with van der Waals surface area (Å²) in [5, 5.41) is 0. The van der Waals surface area contributed by atoms with Crippen LogP contribution in [0.4, 0.5) is 14.7 Å². The molecule has 0 aliphatic carbocycles. The van der Waals surface area contributed by atoms with Crippen LogP contribution in [0, 0.1) is 11.6 Å². The van der Waals surface area contributed by atoms with Crippen LogP contribution < -0.4 is 4.90 Å². The van der Waals surface area contributed by atoms with Crippen LogP contribution in [-0.2, 0) is 11.3 Å². The standard InChI is InChI=1S/C18H20F2N4O/c19-14-3-1-13(2-4-14)12-25-17-7-16-10-24(6-5-23(16)11-17)18-21-8-15(20)9-22-18/h1-4,8-9,16-17H,5-7,10-12H2/t16-,17+/m0/s1. The molecule has 0 N–H and O–H groups in total. The summed E-state index contributed by atoms with van der Waals surface area (Å²) in [5.41, 5.74) is 0.979. The first-order chi connectivity index (χ1) is 12.2. The summed E-state index contributed by atoms with van der Waals surface area (Å²) in [6.45, 7) is 3.97. The largest absolute Gasteiger partial charge is 0.372 e. The molecule has 1 aromatic heterocycles. The third kappa shape index (κ3) is 3.77. The van der Waals surface area contributed by atoms with E-state index in [4.69, 9.17) is 4.74 Å². The Kier molecular flexibility index (Phi) is 4.59. The van der Waals surface area contributed by atoms with E-state index in [1.54, 1.807) is 12.1 Å². The van der Waals surface area contributed by atoms with Crippen molar-refractivity contribution in [3.63, 3.8) is 0 Å². The number of anilines is 1. The molecule has 0 bridgehead atoms. The fourth-order valence-electron chi connectivity index (χ4n) is 3.56. The molecule has 7 heteroatoms. The SMILES string of the molecule is Fc1ccc(CO[C@@H]2C[C@H]3CN(c4ncc(F)cn4)CCN3C2)cc1. The molecule has 4 rings (SSSR count). The van der Waals surface area contributed by atoms with Crippen molar-refractivity contribution in [2.75, 3.05) is 31.1 Å². The van der Waals surface area contributed by atoms with Gasteiger partial charge in [-0.05, 0) is 24.1 Å². The van der Waals surface area contributed by atoms with Gasteiger partial charge in [0.15, 0.2) is 5.82 Å². The number of rotatable bonds is 4. The third-order valence-electron chi connectivity index (χ3n) is 4.87. The molecule has 0 amide bonds. The molecule has 2 aliphatic heterocycles. The number of piperazine rings is 1. The summed E-state index contributed by atoms with van der Waals surface area (Å²) in [5.74, 6) is -0.0703. The number of ether oxygens (including phenoxy) is 1. The molecule has 0 saturated carbocycles. The first-order valence-corrected chi connectivity index (χ1v) is 8.50. The van der Waals surface area contributed by atoms with Crippen LogP contribution in [0.2, 0.25) is 0 Å². The van der Waals surface area contributed by atoms with E-state index in [0.717, 1.165) is 38.2 Å². The van der Waals surface area contributed by atoms with Crippen molar-refractivity contribution in [1.29, 1.82) is 0 Å². The normalized spacial score (nSPS) is 23.7. The molecule has 2 fully saturated rings. The second-order valence-electron chi connectivity index (χ2n) is 6.59. The molecule has 2 aliphatic rings. The van der Waals surface area contributed by atoms with Crippen molar-refractivity contribution in [3.05, 3.63) is 53.9 Å². The smallest absolute Gasteiger partial charge is 0.225 e. The van der Waals surface area contributed by atoms with Crippen molar-refractivity contribution < 1.29 is 13.5 Å². The van der Waals surface area contributed by atoms with Gasteiger partial charge < -0.3 is 9.64 Å². The van der Waals surface area contributed by atoms with Crippen LogP contribution in [0.5, 0.6) is 0 Å². The van der Waals surface area contributed by atoms with E-state index in [0.29, 0.717) is 18.6 Å². The number of fused-ring (bicyclic) bond motifs is 1. The lowest BCUT2D eigenvalue weighted by Gasteiger charge is -2.37. The van der Waals surface area contributed by atoms with Gasteiger partial charge in [-0.15, -0.1) is 0 Å². The average Bonchev–Trinajstić information content (AvgIpc) is 3.04. The predicted octanol–water partition coefficient (Wildman–Crippen LogP) is 2.23. The maximum atomic E-state index is 13.0. The zero-order valence-corrected chi connectivity index (χ0v) is 13.8. The molecule has 5 nitrogen and oxygen atoms in total. The molecule has 0 unspecified atom stereocenters. The lowest BCUT2D eigenvalue weighted by molar-refractivity contribution is 0.0469. The molecule has 3 heterocycles. The van der Waals surface area contributed by atoms with Crippen LogP contribution in [-0.4, -0.2) is 53.2 Å². The highest BCUT2D eigenvalue weighted by Gasteiger charge is 2.37. The maximum Gasteiger partial charge on any atom is 0.225 e. The summed E-state index contributed by atoms with van der Waals surface area (Å²) in [7, 11) is 0. The van der Waals surface area contributed by atoms with Gasteiger partial charge in [0.2, 0.25) is 5.95 Å². The Labute approximate surface area is 145 Å². The number of aromatic nitrogens is 2. The third-order valence-corrected chi connectivity index (χ3v) is 4.87. The molecule has 2 aromatic rings. The van der Waals surface area contributed by atoms with Gasteiger partial charge in [0, 0.05) is 32.2 Å². The van der Waals surface area contributed by atoms with Crippen LogP contribution in [0.3, 0.4) is 0 Å². The minimum Gasteiger partial charge on any atom is -0.372 e. The van der Waals surface area contributed by atoms with Crippen molar-refractivity contribution in [1.82, 2.24) is 14.9 Å². The van der Waals surface area contributed by atoms with E-state index in [2.05, 4.69) is 19.8 Å². The highest BCUT2D eigenvalue weighted by atomic mass is 19.1. The molecule has 0 radical (unpaired) electrons. The topological polar surface area (TPSA) is 41.5 Å². The number of halogens is 2. The Morgan fingerprint density at radius 2 is 1.76 bits per heavy atom. The van der Waals surface area contributed by atoms with Crippen molar-refractivity contribution in [2.45, 2.75) is 25.2 Å². The van der Waals surface area contributed by atoms with Gasteiger partial charge in [0.05, 0.1) is 25.1 Å². The van der Waals surface area contributed by atoms with E-state index < -0.39 is 5.82 Å². The number of hydrogen-bond acceptors (Lipinski definition) is 5. The van der Waals surface area contributed by atoms with E-state index in [1.165, 1.54) is 24.5 Å². The van der Waals surface area contributed by atoms with E-state index >= 15 is 0 Å². The van der Waals surface area contributed by atoms with E-state index in [1.807, 2.05) is 0 Å². The molecular formula is C18H20F2N4O. The van der Waals surface area contributed by atoms with Gasteiger partial charge in [0.25, 0.3) is 0 Å². The zero-order valence-electron chi connectivity index (χ0n) is 13.8. The monoisotopic (exact) mass is 346 g/mol. The van der Waals surface area contributed by atoms with E-state index in [-0.39, 0.29) is 11.9 Å². The van der Waals surface area contributed by atoms with Crippen molar-refractivity contribution in [3.8, 4) is 0 Å². The molecule has 25 heavy (non-hydrogen) atoms. The average molecular weight is 346 g/mol. The van der Waals surface area contributed by atoms with Crippen molar-refractivity contribution in [2.24, 2.45) is 0 Å². The van der Waals surface area contributed by atoms with Gasteiger partial charge in [-0.1, -0.05) is 12.1 Å². The summed E-state index contributed by atoms with van der Waals surface area (Å²) in [6.07, 6.45) is 3.53. The highest BCUT2D eigenvalue weighted by molar-refractivity contribution is 5.30. The first kappa shape index (κ1) is 16.4. The quantitative estimate of drug-likeness (QED) is 0.849. The van der Waals surface area contributed by atoms with E-state index in [9.17, 15) is 8.78 Å². The Bertz CT molecular complexity index is 710. The van der Waals surface area contributed by atoms with Crippen molar-refractivity contribution >= 4 is 5.95 Å². The summed E-state index contributed by atoms with van der Waals surface area (Å²) in [6, 6.07) is 6.81. The molecule has 0 spiro atoms.